The highest BCUT2D eigenvalue weighted by molar-refractivity contribution is 5.90. The summed E-state index contributed by atoms with van der Waals surface area (Å²) >= 11 is 0. The van der Waals surface area contributed by atoms with Crippen molar-refractivity contribution < 1.29 is 14.3 Å². The van der Waals surface area contributed by atoms with E-state index in [9.17, 15) is 14.3 Å². The maximum absolute atomic E-state index is 13.6. The molecule has 1 saturated carbocycles. The maximum Gasteiger partial charge on any atom is 0.319 e. The Morgan fingerprint density at radius 1 is 1.53 bits per heavy atom. The first-order chi connectivity index (χ1) is 8.94. The summed E-state index contributed by atoms with van der Waals surface area (Å²) in [6.45, 7) is 3.46. The van der Waals surface area contributed by atoms with E-state index in [0.29, 0.717) is 5.92 Å². The Kier molecular flexibility index (Phi) is 3.75. The Hall–Kier alpha value is -1.62. The maximum atomic E-state index is 13.6. The number of aryl methyl sites for hydroxylation is 1. The van der Waals surface area contributed by atoms with Crippen LogP contribution in [-0.4, -0.2) is 23.3 Å². The minimum Gasteiger partial charge on any atom is -0.394 e. The highest BCUT2D eigenvalue weighted by atomic mass is 19.1. The van der Waals surface area contributed by atoms with Gasteiger partial charge in [-0.1, -0.05) is 6.07 Å². The molecule has 104 valence electrons. The van der Waals surface area contributed by atoms with Crippen molar-refractivity contribution in [2.45, 2.75) is 32.2 Å². The van der Waals surface area contributed by atoms with Gasteiger partial charge in [-0.2, -0.15) is 0 Å². The van der Waals surface area contributed by atoms with Gasteiger partial charge in [0, 0.05) is 0 Å². The molecule has 3 N–H and O–H groups in total. The van der Waals surface area contributed by atoms with Crippen LogP contribution >= 0.6 is 0 Å². The molecule has 4 nitrogen and oxygen atoms in total. The molecule has 2 rings (SSSR count). The fourth-order valence-corrected chi connectivity index (χ4v) is 2.13. The summed E-state index contributed by atoms with van der Waals surface area (Å²) in [5, 5.41) is 14.6. The summed E-state index contributed by atoms with van der Waals surface area (Å²) in [6.07, 6.45) is 1.99. The number of anilines is 1. The highest BCUT2D eigenvalue weighted by Gasteiger charge is 2.42. The predicted octanol–water partition coefficient (Wildman–Crippen LogP) is 2.42. The highest BCUT2D eigenvalue weighted by Crippen LogP contribution is 2.39. The monoisotopic (exact) mass is 266 g/mol. The lowest BCUT2D eigenvalue weighted by molar-refractivity contribution is 0.159. The van der Waals surface area contributed by atoms with Gasteiger partial charge in [0.25, 0.3) is 0 Å². The van der Waals surface area contributed by atoms with Crippen LogP contribution in [0.4, 0.5) is 14.9 Å². The van der Waals surface area contributed by atoms with Gasteiger partial charge in [0.15, 0.2) is 0 Å². The van der Waals surface area contributed by atoms with Crippen LogP contribution in [0.3, 0.4) is 0 Å². The minimum atomic E-state index is -0.634. The van der Waals surface area contributed by atoms with Crippen LogP contribution in [0.25, 0.3) is 0 Å². The lowest BCUT2D eigenvalue weighted by atomic mass is 9.97. The van der Waals surface area contributed by atoms with Crippen molar-refractivity contribution in [2.75, 3.05) is 11.9 Å². The van der Waals surface area contributed by atoms with Gasteiger partial charge in [-0.15, -0.1) is 0 Å². The third kappa shape index (κ3) is 3.23. The Morgan fingerprint density at radius 2 is 2.21 bits per heavy atom. The molecule has 1 atom stereocenters. The SMILES string of the molecule is Cc1ccc(NC(=O)NC(C)(CO)C2CC2)c(F)c1. The average molecular weight is 266 g/mol. The zero-order chi connectivity index (χ0) is 14.0. The van der Waals surface area contributed by atoms with Gasteiger partial charge in [-0.3, -0.25) is 0 Å². The van der Waals surface area contributed by atoms with Gasteiger partial charge >= 0.3 is 6.03 Å². The van der Waals surface area contributed by atoms with Gasteiger partial charge in [0.05, 0.1) is 17.8 Å². The zero-order valence-electron chi connectivity index (χ0n) is 11.2. The lowest BCUT2D eigenvalue weighted by Crippen LogP contribution is -2.52. The Labute approximate surface area is 112 Å². The molecule has 0 heterocycles. The summed E-state index contributed by atoms with van der Waals surface area (Å²) < 4.78 is 13.6. The number of carbonyl (C=O) groups excluding carboxylic acids is 1. The molecule has 5 heteroatoms. The number of amides is 2. The van der Waals surface area contributed by atoms with Gasteiger partial charge in [0.1, 0.15) is 5.82 Å². The molecule has 1 aliphatic rings. The van der Waals surface area contributed by atoms with E-state index in [1.807, 2.05) is 0 Å². The van der Waals surface area contributed by atoms with Crippen LogP contribution in [0.1, 0.15) is 25.3 Å². The molecule has 19 heavy (non-hydrogen) atoms. The van der Waals surface area contributed by atoms with Crippen LogP contribution in [0.2, 0.25) is 0 Å². The van der Waals surface area contributed by atoms with E-state index in [-0.39, 0.29) is 12.3 Å². The average Bonchev–Trinajstić information content (AvgIpc) is 3.17. The number of benzene rings is 1. The first-order valence-electron chi connectivity index (χ1n) is 6.41. The first kappa shape index (κ1) is 13.8. The van der Waals surface area contributed by atoms with E-state index < -0.39 is 17.4 Å². The molecular formula is C14H19FN2O2. The fraction of sp³-hybridized carbons (Fsp3) is 0.500. The molecule has 1 fully saturated rings. The number of urea groups is 1. The quantitative estimate of drug-likeness (QED) is 0.783. The molecule has 0 radical (unpaired) electrons. The number of hydrogen-bond acceptors (Lipinski definition) is 2. The molecule has 1 aliphatic carbocycles. The lowest BCUT2D eigenvalue weighted by Gasteiger charge is -2.28. The van der Waals surface area contributed by atoms with Crippen molar-refractivity contribution in [3.63, 3.8) is 0 Å². The number of aliphatic hydroxyl groups excluding tert-OH is 1. The second-order valence-electron chi connectivity index (χ2n) is 5.41. The van der Waals surface area contributed by atoms with Crippen molar-refractivity contribution in [3.05, 3.63) is 29.6 Å². The third-order valence-corrected chi connectivity index (χ3v) is 3.58. The Morgan fingerprint density at radius 3 is 2.74 bits per heavy atom. The second kappa shape index (κ2) is 5.17. The van der Waals surface area contributed by atoms with E-state index in [1.54, 1.807) is 19.9 Å². The Balaban J connectivity index is 2.00. The molecule has 1 aromatic carbocycles. The van der Waals surface area contributed by atoms with Crippen molar-refractivity contribution in [3.8, 4) is 0 Å². The minimum absolute atomic E-state index is 0.124. The molecule has 0 bridgehead atoms. The van der Waals surface area contributed by atoms with Crippen LogP contribution in [-0.2, 0) is 0 Å². The molecule has 0 aromatic heterocycles. The number of rotatable bonds is 4. The van der Waals surface area contributed by atoms with Crippen molar-refractivity contribution in [1.29, 1.82) is 0 Å². The molecular weight excluding hydrogens is 247 g/mol. The molecule has 0 spiro atoms. The molecule has 2 amide bonds. The summed E-state index contributed by atoms with van der Waals surface area (Å²) in [4.78, 5) is 11.9. The molecule has 1 aromatic rings. The van der Waals surface area contributed by atoms with E-state index in [0.717, 1.165) is 18.4 Å². The predicted molar refractivity (Wildman–Crippen MR) is 71.5 cm³/mol. The summed E-state index contributed by atoms with van der Waals surface area (Å²) in [5.74, 6) is -0.168. The summed E-state index contributed by atoms with van der Waals surface area (Å²) in [5.41, 5.74) is 0.298. The standard InChI is InChI=1S/C14H19FN2O2/c1-9-3-6-12(11(15)7-9)16-13(19)17-14(2,8-18)10-4-5-10/h3,6-7,10,18H,4-5,8H2,1-2H3,(H2,16,17,19). The number of hydrogen-bond donors (Lipinski definition) is 3. The van der Waals surface area contributed by atoms with E-state index in [1.165, 1.54) is 12.1 Å². The van der Waals surface area contributed by atoms with Crippen LogP contribution in [0.15, 0.2) is 18.2 Å². The van der Waals surface area contributed by atoms with E-state index in [2.05, 4.69) is 10.6 Å². The van der Waals surface area contributed by atoms with Crippen LogP contribution in [0, 0.1) is 18.7 Å². The first-order valence-corrected chi connectivity index (χ1v) is 6.41. The Bertz CT molecular complexity index is 488. The number of halogens is 1. The van der Waals surface area contributed by atoms with E-state index >= 15 is 0 Å². The second-order valence-corrected chi connectivity index (χ2v) is 5.41. The van der Waals surface area contributed by atoms with Gasteiger partial charge < -0.3 is 15.7 Å². The number of aliphatic hydroxyl groups is 1. The zero-order valence-corrected chi connectivity index (χ0v) is 11.2. The normalized spacial score (nSPS) is 17.7. The van der Waals surface area contributed by atoms with Gasteiger partial charge in [-0.25, -0.2) is 9.18 Å². The summed E-state index contributed by atoms with van der Waals surface area (Å²) in [7, 11) is 0. The van der Waals surface area contributed by atoms with Crippen molar-refractivity contribution >= 4 is 11.7 Å². The molecule has 0 saturated heterocycles. The topological polar surface area (TPSA) is 61.4 Å². The van der Waals surface area contributed by atoms with Crippen LogP contribution in [0.5, 0.6) is 0 Å². The van der Waals surface area contributed by atoms with Crippen molar-refractivity contribution in [1.82, 2.24) is 5.32 Å². The van der Waals surface area contributed by atoms with Crippen LogP contribution < -0.4 is 10.6 Å². The van der Waals surface area contributed by atoms with E-state index in [4.69, 9.17) is 0 Å². The largest absolute Gasteiger partial charge is 0.394 e. The van der Waals surface area contributed by atoms with Gasteiger partial charge in [0.2, 0.25) is 0 Å². The number of nitrogens with one attached hydrogen (secondary N) is 2. The fourth-order valence-electron chi connectivity index (χ4n) is 2.13. The third-order valence-electron chi connectivity index (χ3n) is 3.58. The van der Waals surface area contributed by atoms with Crippen molar-refractivity contribution in [2.24, 2.45) is 5.92 Å². The molecule has 0 aliphatic heterocycles. The van der Waals surface area contributed by atoms with Gasteiger partial charge in [-0.05, 0) is 50.3 Å². The molecule has 1 unspecified atom stereocenters. The smallest absolute Gasteiger partial charge is 0.319 e. The number of carbonyl (C=O) groups is 1. The summed E-state index contributed by atoms with van der Waals surface area (Å²) in [6, 6.07) is 4.12.